The number of aryl methyl sites for hydroxylation is 1. The number of nitrogens with one attached hydrogen (secondary N) is 2. The van der Waals surface area contributed by atoms with E-state index in [0.717, 1.165) is 42.3 Å². The molecule has 2 aromatic rings. The lowest BCUT2D eigenvalue weighted by molar-refractivity contribution is 0.405. The third kappa shape index (κ3) is 5.13. The van der Waals surface area contributed by atoms with Gasteiger partial charge in [0.05, 0.1) is 5.69 Å². The van der Waals surface area contributed by atoms with Crippen LogP contribution in [0.25, 0.3) is 0 Å². The fourth-order valence-electron chi connectivity index (χ4n) is 2.70. The molecular formula is C19H26FN5. The van der Waals surface area contributed by atoms with Gasteiger partial charge in [-0.3, -0.25) is 0 Å². The van der Waals surface area contributed by atoms with Gasteiger partial charge in [-0.15, -0.1) is 0 Å². The normalized spacial score (nSPS) is 14.0. The summed E-state index contributed by atoms with van der Waals surface area (Å²) in [4.78, 5) is 11.4. The first-order chi connectivity index (χ1) is 12.0. The van der Waals surface area contributed by atoms with E-state index < -0.39 is 0 Å². The number of rotatable bonds is 8. The summed E-state index contributed by atoms with van der Waals surface area (Å²) in [7, 11) is 4.13. The van der Waals surface area contributed by atoms with Gasteiger partial charge in [-0.25, -0.2) is 9.37 Å². The fourth-order valence-corrected chi connectivity index (χ4v) is 2.70. The molecule has 0 amide bonds. The molecule has 5 nitrogen and oxygen atoms in total. The number of anilines is 3. The zero-order valence-corrected chi connectivity index (χ0v) is 15.1. The number of aromatic nitrogens is 2. The number of benzene rings is 1. The molecule has 0 unspecified atom stereocenters. The summed E-state index contributed by atoms with van der Waals surface area (Å²) in [5, 5.41) is 6.63. The molecule has 1 saturated carbocycles. The molecule has 134 valence electrons. The van der Waals surface area contributed by atoms with Crippen molar-refractivity contribution in [3.8, 4) is 0 Å². The minimum absolute atomic E-state index is 0.229. The van der Waals surface area contributed by atoms with Gasteiger partial charge in [0.2, 0.25) is 5.95 Å². The first-order valence-electron chi connectivity index (χ1n) is 8.82. The smallest absolute Gasteiger partial charge is 0.224 e. The second kappa shape index (κ2) is 7.78. The van der Waals surface area contributed by atoms with Gasteiger partial charge in [0, 0.05) is 24.2 Å². The molecule has 0 saturated heterocycles. The predicted molar refractivity (Wildman–Crippen MR) is 100 cm³/mol. The van der Waals surface area contributed by atoms with Crippen molar-refractivity contribution < 1.29 is 4.39 Å². The Hall–Kier alpha value is -2.21. The Morgan fingerprint density at radius 3 is 2.68 bits per heavy atom. The van der Waals surface area contributed by atoms with Crippen molar-refractivity contribution in [2.24, 2.45) is 0 Å². The Balaban J connectivity index is 1.73. The van der Waals surface area contributed by atoms with Crippen LogP contribution in [-0.2, 0) is 0 Å². The second-order valence-electron chi connectivity index (χ2n) is 6.94. The van der Waals surface area contributed by atoms with E-state index in [9.17, 15) is 4.39 Å². The first-order valence-corrected chi connectivity index (χ1v) is 8.82. The predicted octanol–water partition coefficient (Wildman–Crippen LogP) is 3.91. The maximum Gasteiger partial charge on any atom is 0.224 e. The Labute approximate surface area is 148 Å². The minimum atomic E-state index is -0.229. The molecule has 1 heterocycles. The first kappa shape index (κ1) is 17.6. The van der Waals surface area contributed by atoms with Gasteiger partial charge in [0.1, 0.15) is 11.6 Å². The van der Waals surface area contributed by atoms with Gasteiger partial charge in [0.15, 0.2) is 0 Å². The molecule has 3 rings (SSSR count). The summed E-state index contributed by atoms with van der Waals surface area (Å²) >= 11 is 0. The monoisotopic (exact) mass is 343 g/mol. The van der Waals surface area contributed by atoms with Crippen molar-refractivity contribution in [1.82, 2.24) is 14.9 Å². The summed E-state index contributed by atoms with van der Waals surface area (Å²) in [5.41, 5.74) is 2.79. The van der Waals surface area contributed by atoms with Crippen molar-refractivity contribution in [3.63, 3.8) is 0 Å². The SMILES string of the molecule is Cc1cc(F)ccc1Nc1cc(C2CC2)nc(NCCCN(C)C)n1. The highest BCUT2D eigenvalue weighted by molar-refractivity contribution is 5.61. The van der Waals surface area contributed by atoms with Gasteiger partial charge in [-0.1, -0.05) is 0 Å². The maximum absolute atomic E-state index is 13.3. The highest BCUT2D eigenvalue weighted by atomic mass is 19.1. The van der Waals surface area contributed by atoms with E-state index in [1.54, 1.807) is 6.07 Å². The lowest BCUT2D eigenvalue weighted by Crippen LogP contribution is -2.17. The average Bonchev–Trinajstić information content (AvgIpc) is 3.39. The largest absolute Gasteiger partial charge is 0.354 e. The lowest BCUT2D eigenvalue weighted by Gasteiger charge is -2.13. The Morgan fingerprint density at radius 2 is 2.00 bits per heavy atom. The zero-order chi connectivity index (χ0) is 17.8. The van der Waals surface area contributed by atoms with E-state index >= 15 is 0 Å². The van der Waals surface area contributed by atoms with Crippen LogP contribution < -0.4 is 10.6 Å². The van der Waals surface area contributed by atoms with Gasteiger partial charge >= 0.3 is 0 Å². The van der Waals surface area contributed by atoms with Crippen LogP contribution in [0.3, 0.4) is 0 Å². The van der Waals surface area contributed by atoms with Crippen molar-refractivity contribution in [2.75, 3.05) is 37.8 Å². The molecule has 1 aliphatic rings. The van der Waals surface area contributed by atoms with Crippen molar-refractivity contribution in [1.29, 1.82) is 0 Å². The van der Waals surface area contributed by atoms with Gasteiger partial charge in [-0.2, -0.15) is 4.98 Å². The third-order valence-electron chi connectivity index (χ3n) is 4.26. The molecule has 1 aromatic carbocycles. The quantitative estimate of drug-likeness (QED) is 0.712. The number of hydrogen-bond acceptors (Lipinski definition) is 5. The molecule has 1 fully saturated rings. The number of halogens is 1. The van der Waals surface area contributed by atoms with Crippen molar-refractivity contribution in [2.45, 2.75) is 32.1 Å². The maximum atomic E-state index is 13.3. The summed E-state index contributed by atoms with van der Waals surface area (Å²) in [6.45, 7) is 3.74. The molecule has 0 aliphatic heterocycles. The third-order valence-corrected chi connectivity index (χ3v) is 4.26. The topological polar surface area (TPSA) is 53.1 Å². The van der Waals surface area contributed by atoms with Gasteiger partial charge < -0.3 is 15.5 Å². The highest BCUT2D eigenvalue weighted by Crippen LogP contribution is 2.40. The molecule has 0 atom stereocenters. The molecule has 1 aromatic heterocycles. The summed E-state index contributed by atoms with van der Waals surface area (Å²) < 4.78 is 13.3. The van der Waals surface area contributed by atoms with E-state index in [1.807, 2.05) is 13.0 Å². The van der Waals surface area contributed by atoms with Crippen LogP contribution in [0.5, 0.6) is 0 Å². The van der Waals surface area contributed by atoms with Crippen LogP contribution in [0.2, 0.25) is 0 Å². The highest BCUT2D eigenvalue weighted by Gasteiger charge is 2.26. The van der Waals surface area contributed by atoms with Gasteiger partial charge in [0.25, 0.3) is 0 Å². The summed E-state index contributed by atoms with van der Waals surface area (Å²) in [5.74, 6) is 1.72. The molecule has 0 radical (unpaired) electrons. The van der Waals surface area contributed by atoms with Crippen molar-refractivity contribution in [3.05, 3.63) is 41.3 Å². The van der Waals surface area contributed by atoms with Crippen LogP contribution in [0.15, 0.2) is 24.3 Å². The van der Waals surface area contributed by atoms with E-state index in [2.05, 4.69) is 39.6 Å². The second-order valence-corrected chi connectivity index (χ2v) is 6.94. The number of hydrogen-bond donors (Lipinski definition) is 2. The van der Waals surface area contributed by atoms with E-state index in [-0.39, 0.29) is 5.82 Å². The summed E-state index contributed by atoms with van der Waals surface area (Å²) in [6.07, 6.45) is 3.40. The Kier molecular flexibility index (Phi) is 5.48. The number of nitrogens with zero attached hydrogens (tertiary/aromatic N) is 3. The average molecular weight is 343 g/mol. The zero-order valence-electron chi connectivity index (χ0n) is 15.1. The molecule has 1 aliphatic carbocycles. The fraction of sp³-hybridized carbons (Fsp3) is 0.474. The van der Waals surface area contributed by atoms with Gasteiger partial charge in [-0.05, 0) is 70.6 Å². The van der Waals surface area contributed by atoms with Crippen LogP contribution >= 0.6 is 0 Å². The molecule has 0 bridgehead atoms. The lowest BCUT2D eigenvalue weighted by atomic mass is 10.2. The molecule has 25 heavy (non-hydrogen) atoms. The summed E-state index contributed by atoms with van der Waals surface area (Å²) in [6, 6.07) is 6.73. The van der Waals surface area contributed by atoms with Crippen LogP contribution in [0, 0.1) is 12.7 Å². The molecule has 0 spiro atoms. The van der Waals surface area contributed by atoms with Crippen LogP contribution in [-0.4, -0.2) is 42.1 Å². The Bertz CT molecular complexity index is 728. The van der Waals surface area contributed by atoms with Crippen LogP contribution in [0.1, 0.15) is 36.4 Å². The Morgan fingerprint density at radius 1 is 1.20 bits per heavy atom. The molecular weight excluding hydrogens is 317 g/mol. The van der Waals surface area contributed by atoms with E-state index in [4.69, 9.17) is 0 Å². The standard InChI is InChI=1S/C19H26FN5/c1-13-11-15(20)7-8-16(13)22-18-12-17(14-5-6-14)23-19(24-18)21-9-4-10-25(2)3/h7-8,11-12,14H,4-6,9-10H2,1-3H3,(H2,21,22,23,24). The van der Waals surface area contributed by atoms with Crippen LogP contribution in [0.4, 0.5) is 21.8 Å². The minimum Gasteiger partial charge on any atom is -0.354 e. The van der Waals surface area contributed by atoms with E-state index in [1.165, 1.54) is 25.0 Å². The van der Waals surface area contributed by atoms with E-state index in [0.29, 0.717) is 11.9 Å². The molecule has 6 heteroatoms. The van der Waals surface area contributed by atoms with Crippen molar-refractivity contribution >= 4 is 17.5 Å². The molecule has 2 N–H and O–H groups in total.